The third-order valence-corrected chi connectivity index (χ3v) is 7.54. The molecule has 2 aromatic rings. The maximum absolute atomic E-state index is 13.8. The summed E-state index contributed by atoms with van der Waals surface area (Å²) in [5.41, 5.74) is 4.78. The van der Waals surface area contributed by atoms with Crippen molar-refractivity contribution >= 4 is 12.1 Å². The molecule has 4 atom stereocenters. The predicted molar refractivity (Wildman–Crippen MR) is 147 cm³/mol. The second-order valence-electron chi connectivity index (χ2n) is 12.0. The number of rotatable bonds is 5. The molecule has 0 radical (unpaired) electrons. The highest BCUT2D eigenvalue weighted by Gasteiger charge is 2.38. The lowest BCUT2D eigenvalue weighted by atomic mass is 9.77. The Bertz CT molecular complexity index is 1130. The second-order valence-corrected chi connectivity index (χ2v) is 12.0. The second kappa shape index (κ2) is 11.1. The molecular weight excluding hydrogens is 462 g/mol. The molecule has 5 nitrogen and oxygen atoms in total. The fourth-order valence-electron chi connectivity index (χ4n) is 5.70. The Morgan fingerprint density at radius 1 is 1.03 bits per heavy atom. The number of benzene rings is 2. The van der Waals surface area contributed by atoms with Crippen LogP contribution in [0.2, 0.25) is 0 Å². The van der Waals surface area contributed by atoms with Crippen molar-refractivity contribution in [1.82, 2.24) is 5.32 Å². The molecule has 2 aliphatic rings. The van der Waals surface area contributed by atoms with E-state index >= 15 is 0 Å². The summed E-state index contributed by atoms with van der Waals surface area (Å²) in [6.07, 6.45) is 3.21. The molecule has 1 fully saturated rings. The summed E-state index contributed by atoms with van der Waals surface area (Å²) < 4.78 is 11.8. The van der Waals surface area contributed by atoms with Gasteiger partial charge in [0.2, 0.25) is 0 Å². The Morgan fingerprint density at radius 3 is 2.43 bits per heavy atom. The van der Waals surface area contributed by atoms with Crippen LogP contribution in [0.1, 0.15) is 77.3 Å². The quantitative estimate of drug-likeness (QED) is 0.346. The molecule has 0 aromatic heterocycles. The topological polar surface area (TPSA) is 64.6 Å². The number of fused-ring (bicyclic) bond motifs is 1. The van der Waals surface area contributed by atoms with Gasteiger partial charge in [0.1, 0.15) is 11.7 Å². The van der Waals surface area contributed by atoms with E-state index in [1.165, 1.54) is 0 Å². The van der Waals surface area contributed by atoms with Gasteiger partial charge in [-0.2, -0.15) is 0 Å². The lowest BCUT2D eigenvalue weighted by Gasteiger charge is -2.37. The van der Waals surface area contributed by atoms with E-state index in [-0.39, 0.29) is 18.1 Å². The molecule has 2 aliphatic carbocycles. The Labute approximate surface area is 221 Å². The van der Waals surface area contributed by atoms with Gasteiger partial charge in [0.15, 0.2) is 0 Å². The molecule has 0 aliphatic heterocycles. The van der Waals surface area contributed by atoms with Gasteiger partial charge < -0.3 is 14.8 Å². The Kier molecular flexibility index (Phi) is 8.11. The molecule has 4 rings (SSSR count). The van der Waals surface area contributed by atoms with Gasteiger partial charge in [-0.25, -0.2) is 4.79 Å². The van der Waals surface area contributed by atoms with Gasteiger partial charge in [-0.05, 0) is 80.5 Å². The lowest BCUT2D eigenvalue weighted by Crippen LogP contribution is -2.44. The molecule has 198 valence electrons. The van der Waals surface area contributed by atoms with Gasteiger partial charge in [0.25, 0.3) is 0 Å². The summed E-state index contributed by atoms with van der Waals surface area (Å²) in [6.45, 7) is 14.1. The summed E-state index contributed by atoms with van der Waals surface area (Å²) >= 11 is 0. The van der Waals surface area contributed by atoms with Crippen LogP contribution >= 0.6 is 0 Å². The number of carbonyl (C=O) groups is 2. The van der Waals surface area contributed by atoms with Gasteiger partial charge in [-0.3, -0.25) is 4.79 Å². The molecule has 0 saturated heterocycles. The van der Waals surface area contributed by atoms with Crippen LogP contribution in [-0.2, 0) is 20.7 Å². The number of alkyl carbamates (subject to hydrolysis) is 1. The lowest BCUT2D eigenvalue weighted by molar-refractivity contribution is -0.156. The summed E-state index contributed by atoms with van der Waals surface area (Å²) in [6, 6.07) is 16.3. The average molecular weight is 504 g/mol. The van der Waals surface area contributed by atoms with E-state index in [9.17, 15) is 9.59 Å². The van der Waals surface area contributed by atoms with Gasteiger partial charge in [-0.1, -0.05) is 74.5 Å². The number of ether oxygens (including phenoxy) is 2. The summed E-state index contributed by atoms with van der Waals surface area (Å²) in [4.78, 5) is 26.4. The van der Waals surface area contributed by atoms with Crippen molar-refractivity contribution in [2.45, 2.75) is 90.4 Å². The Morgan fingerprint density at radius 2 is 1.76 bits per heavy atom. The zero-order chi connectivity index (χ0) is 26.7. The first-order valence-corrected chi connectivity index (χ1v) is 13.5. The number of hydrogen-bond acceptors (Lipinski definition) is 4. The maximum Gasteiger partial charge on any atom is 0.407 e. The molecule has 2 aromatic carbocycles. The molecule has 0 heterocycles. The SMILES string of the molecule is C=C1CC[C@@H](C(C)C)[C@H](OC(=O)[C@H]2C[C@@H](NC(=O)OC(C)(C)C)Cc3ccc(-c4ccccc4)cc32)C1. The van der Waals surface area contributed by atoms with Crippen molar-refractivity contribution in [1.29, 1.82) is 0 Å². The van der Waals surface area contributed by atoms with Crippen LogP contribution in [0.5, 0.6) is 0 Å². The van der Waals surface area contributed by atoms with E-state index in [1.807, 2.05) is 39.0 Å². The largest absolute Gasteiger partial charge is 0.461 e. The van der Waals surface area contributed by atoms with Crippen molar-refractivity contribution in [3.05, 3.63) is 71.8 Å². The molecular formula is C32H41NO4. The molecule has 1 amide bonds. The number of esters is 1. The van der Waals surface area contributed by atoms with Crippen LogP contribution in [0.3, 0.4) is 0 Å². The van der Waals surface area contributed by atoms with Crippen molar-refractivity contribution in [3.8, 4) is 11.1 Å². The van der Waals surface area contributed by atoms with Gasteiger partial charge in [0.05, 0.1) is 5.92 Å². The highest BCUT2D eigenvalue weighted by molar-refractivity contribution is 5.81. The Balaban J connectivity index is 1.62. The zero-order valence-electron chi connectivity index (χ0n) is 22.9. The number of amides is 1. The van der Waals surface area contributed by atoms with E-state index in [2.05, 4.69) is 56.1 Å². The number of hydrogen-bond donors (Lipinski definition) is 1. The summed E-state index contributed by atoms with van der Waals surface area (Å²) in [5, 5.41) is 3.00. The fraction of sp³-hybridized carbons (Fsp3) is 0.500. The van der Waals surface area contributed by atoms with Gasteiger partial charge >= 0.3 is 12.1 Å². The Hall–Kier alpha value is -3.08. The minimum atomic E-state index is -0.588. The van der Waals surface area contributed by atoms with Crippen LogP contribution < -0.4 is 5.32 Å². The predicted octanol–water partition coefficient (Wildman–Crippen LogP) is 7.20. The molecule has 1 saturated carbocycles. The zero-order valence-corrected chi connectivity index (χ0v) is 22.9. The van der Waals surface area contributed by atoms with E-state index in [0.29, 0.717) is 24.7 Å². The smallest absolute Gasteiger partial charge is 0.407 e. The van der Waals surface area contributed by atoms with Gasteiger partial charge in [0, 0.05) is 12.5 Å². The van der Waals surface area contributed by atoms with Gasteiger partial charge in [-0.15, -0.1) is 0 Å². The first-order valence-electron chi connectivity index (χ1n) is 13.5. The minimum Gasteiger partial charge on any atom is -0.461 e. The maximum atomic E-state index is 13.8. The van der Waals surface area contributed by atoms with E-state index in [0.717, 1.165) is 47.1 Å². The first-order chi connectivity index (χ1) is 17.5. The van der Waals surface area contributed by atoms with Crippen LogP contribution in [0.15, 0.2) is 60.7 Å². The monoisotopic (exact) mass is 503 g/mol. The van der Waals surface area contributed by atoms with E-state index < -0.39 is 17.6 Å². The standard InChI is InChI=1S/C32H41NO4/c1-20(2)26-15-12-21(3)16-29(26)36-30(34)28-19-25(33-31(35)37-32(4,5)6)17-24-14-13-23(18-27(24)28)22-10-8-7-9-11-22/h7-11,13-14,18,20,25-26,28-29H,3,12,15-17,19H2,1-2,4-6H3,(H,33,35)/t25-,26-,28-,29+/m0/s1. The number of nitrogens with one attached hydrogen (secondary N) is 1. The average Bonchev–Trinajstić information content (AvgIpc) is 2.82. The number of carbonyl (C=O) groups excluding carboxylic acids is 2. The first kappa shape index (κ1) is 27.0. The molecule has 0 bridgehead atoms. The molecule has 5 heteroatoms. The van der Waals surface area contributed by atoms with E-state index in [1.54, 1.807) is 0 Å². The van der Waals surface area contributed by atoms with E-state index in [4.69, 9.17) is 9.47 Å². The fourth-order valence-corrected chi connectivity index (χ4v) is 5.70. The van der Waals surface area contributed by atoms with Crippen LogP contribution in [0.4, 0.5) is 4.79 Å². The third kappa shape index (κ3) is 6.82. The van der Waals surface area contributed by atoms with Crippen molar-refractivity contribution in [2.24, 2.45) is 11.8 Å². The third-order valence-electron chi connectivity index (χ3n) is 7.54. The summed E-state index contributed by atoms with van der Waals surface area (Å²) in [5.74, 6) is 0.0718. The summed E-state index contributed by atoms with van der Waals surface area (Å²) in [7, 11) is 0. The van der Waals surface area contributed by atoms with Crippen molar-refractivity contribution in [2.75, 3.05) is 0 Å². The highest BCUT2D eigenvalue weighted by Crippen LogP contribution is 2.39. The van der Waals surface area contributed by atoms with Crippen molar-refractivity contribution in [3.63, 3.8) is 0 Å². The normalized spacial score (nSPS) is 23.8. The van der Waals surface area contributed by atoms with Crippen LogP contribution in [0, 0.1) is 11.8 Å². The minimum absolute atomic E-state index is 0.159. The molecule has 0 unspecified atom stereocenters. The van der Waals surface area contributed by atoms with Crippen molar-refractivity contribution < 1.29 is 19.1 Å². The molecule has 1 N–H and O–H groups in total. The van der Waals surface area contributed by atoms with Crippen LogP contribution in [-0.4, -0.2) is 29.8 Å². The van der Waals surface area contributed by atoms with Crippen LogP contribution in [0.25, 0.3) is 11.1 Å². The molecule has 0 spiro atoms. The molecule has 37 heavy (non-hydrogen) atoms. The highest BCUT2D eigenvalue weighted by atomic mass is 16.6.